The molecule has 68 valence electrons. The molecule has 4 fully saturated rings. The molecule has 0 N–H and O–H groups in total. The van der Waals surface area contributed by atoms with Gasteiger partial charge >= 0.3 is 0 Å². The maximum atomic E-state index is 5.31. The first-order valence-corrected chi connectivity index (χ1v) is 4.89. The fraction of sp³-hybridized carbons (Fsp3) is 1.00. The van der Waals surface area contributed by atoms with E-state index >= 15 is 0 Å². The standard InChI is InChI=1S/C10H16O2/c1-9(2)6-4-7(9)10(3)8(5-6)11-12-10/h6-8H,4-5H2,1-3H3/t6?,7?,8-,10+/m1/s1. The van der Waals surface area contributed by atoms with Crippen molar-refractivity contribution < 1.29 is 9.78 Å². The molecule has 0 aromatic heterocycles. The first kappa shape index (κ1) is 7.34. The minimum Gasteiger partial charge on any atom is -0.230 e. The van der Waals surface area contributed by atoms with Gasteiger partial charge in [-0.05, 0) is 37.0 Å². The lowest BCUT2D eigenvalue weighted by Gasteiger charge is -2.68. The zero-order chi connectivity index (χ0) is 8.56. The van der Waals surface area contributed by atoms with Gasteiger partial charge in [0.2, 0.25) is 0 Å². The summed E-state index contributed by atoms with van der Waals surface area (Å²) in [6, 6.07) is 0. The average molecular weight is 168 g/mol. The fourth-order valence-electron chi connectivity index (χ4n) is 3.47. The van der Waals surface area contributed by atoms with Crippen molar-refractivity contribution in [1.29, 1.82) is 0 Å². The minimum absolute atomic E-state index is 0.0538. The Balaban J connectivity index is 1.95. The molecule has 4 atom stereocenters. The van der Waals surface area contributed by atoms with E-state index in [2.05, 4.69) is 20.8 Å². The van der Waals surface area contributed by atoms with Crippen LogP contribution in [0.2, 0.25) is 0 Å². The Kier molecular flexibility index (Phi) is 1.06. The van der Waals surface area contributed by atoms with Gasteiger partial charge in [0.25, 0.3) is 0 Å². The van der Waals surface area contributed by atoms with E-state index in [0.29, 0.717) is 11.5 Å². The zero-order valence-corrected chi connectivity index (χ0v) is 7.96. The van der Waals surface area contributed by atoms with E-state index in [1.165, 1.54) is 12.8 Å². The van der Waals surface area contributed by atoms with Crippen LogP contribution in [0, 0.1) is 17.3 Å². The molecule has 4 aliphatic rings. The lowest BCUT2D eigenvalue weighted by atomic mass is 9.43. The molecule has 2 bridgehead atoms. The van der Waals surface area contributed by atoms with Crippen molar-refractivity contribution in [3.63, 3.8) is 0 Å². The first-order chi connectivity index (χ1) is 5.55. The Hall–Kier alpha value is -0.0800. The lowest BCUT2D eigenvalue weighted by Crippen LogP contribution is -2.73. The van der Waals surface area contributed by atoms with Gasteiger partial charge < -0.3 is 0 Å². The number of hydrogen-bond acceptors (Lipinski definition) is 2. The summed E-state index contributed by atoms with van der Waals surface area (Å²) in [5.41, 5.74) is 0.549. The Morgan fingerprint density at radius 2 is 1.92 bits per heavy atom. The Morgan fingerprint density at radius 3 is 2.25 bits per heavy atom. The van der Waals surface area contributed by atoms with E-state index in [1.807, 2.05) is 0 Å². The van der Waals surface area contributed by atoms with E-state index < -0.39 is 0 Å². The van der Waals surface area contributed by atoms with Gasteiger partial charge in [0, 0.05) is 0 Å². The van der Waals surface area contributed by atoms with Crippen molar-refractivity contribution in [1.82, 2.24) is 0 Å². The summed E-state index contributed by atoms with van der Waals surface area (Å²) in [7, 11) is 0. The molecule has 0 aromatic carbocycles. The van der Waals surface area contributed by atoms with Crippen LogP contribution in [-0.4, -0.2) is 11.7 Å². The zero-order valence-electron chi connectivity index (χ0n) is 7.96. The summed E-state index contributed by atoms with van der Waals surface area (Å²) in [6.07, 6.45) is 2.96. The Morgan fingerprint density at radius 1 is 1.17 bits per heavy atom. The van der Waals surface area contributed by atoms with Gasteiger partial charge in [-0.25, -0.2) is 9.78 Å². The smallest absolute Gasteiger partial charge is 0.133 e. The van der Waals surface area contributed by atoms with E-state index in [9.17, 15) is 0 Å². The highest BCUT2D eigenvalue weighted by Gasteiger charge is 2.69. The Labute approximate surface area is 73.2 Å². The van der Waals surface area contributed by atoms with Crippen LogP contribution in [0.1, 0.15) is 33.6 Å². The maximum absolute atomic E-state index is 5.31. The Bertz CT molecular complexity index is 236. The van der Waals surface area contributed by atoms with Crippen LogP contribution in [0.3, 0.4) is 0 Å². The van der Waals surface area contributed by atoms with Crippen molar-refractivity contribution in [2.75, 3.05) is 0 Å². The topological polar surface area (TPSA) is 18.5 Å². The van der Waals surface area contributed by atoms with Crippen molar-refractivity contribution in [3.05, 3.63) is 0 Å². The molecule has 0 aromatic rings. The quantitative estimate of drug-likeness (QED) is 0.516. The number of rotatable bonds is 0. The van der Waals surface area contributed by atoms with Crippen LogP contribution < -0.4 is 0 Å². The summed E-state index contributed by atoms with van der Waals surface area (Å²) in [6.45, 7) is 6.95. The van der Waals surface area contributed by atoms with Gasteiger partial charge in [0.1, 0.15) is 11.7 Å². The summed E-state index contributed by atoms with van der Waals surface area (Å²) in [4.78, 5) is 10.4. The van der Waals surface area contributed by atoms with Gasteiger partial charge in [0.15, 0.2) is 0 Å². The highest BCUT2D eigenvalue weighted by Crippen LogP contribution is 2.66. The van der Waals surface area contributed by atoms with Crippen molar-refractivity contribution >= 4 is 0 Å². The summed E-state index contributed by atoms with van der Waals surface area (Å²) in [5.74, 6) is 1.60. The molecule has 0 spiro atoms. The molecule has 3 aliphatic carbocycles. The molecule has 1 saturated heterocycles. The van der Waals surface area contributed by atoms with Gasteiger partial charge in [-0.15, -0.1) is 0 Å². The van der Waals surface area contributed by atoms with E-state index in [4.69, 9.17) is 9.78 Å². The highest BCUT2D eigenvalue weighted by atomic mass is 17.3. The third-order valence-corrected chi connectivity index (χ3v) is 4.64. The predicted octanol–water partition coefficient (Wildman–Crippen LogP) is 2.14. The van der Waals surface area contributed by atoms with Crippen LogP contribution in [0.4, 0.5) is 0 Å². The highest BCUT2D eigenvalue weighted by molar-refractivity contribution is 5.15. The lowest BCUT2D eigenvalue weighted by molar-refractivity contribution is -0.548. The first-order valence-electron chi connectivity index (χ1n) is 4.89. The second-order valence-electron chi connectivity index (χ2n) is 5.39. The van der Waals surface area contributed by atoms with Gasteiger partial charge in [0.05, 0.1) is 0 Å². The molecule has 2 unspecified atom stereocenters. The SMILES string of the molecule is CC1(C)C2CC1[C@]1(C)OO[C@@H]1C2. The predicted molar refractivity (Wildman–Crippen MR) is 44.4 cm³/mol. The average Bonchev–Trinajstić information content (AvgIpc) is 1.97. The summed E-state index contributed by atoms with van der Waals surface area (Å²) in [5, 5.41) is 0. The molecule has 2 nitrogen and oxygen atoms in total. The maximum Gasteiger partial charge on any atom is 0.133 e. The van der Waals surface area contributed by atoms with Crippen LogP contribution in [0.5, 0.6) is 0 Å². The third-order valence-electron chi connectivity index (χ3n) is 4.64. The molecule has 1 heterocycles. The van der Waals surface area contributed by atoms with Crippen LogP contribution in [0.15, 0.2) is 0 Å². The molecular weight excluding hydrogens is 152 g/mol. The van der Waals surface area contributed by atoms with E-state index in [0.717, 1.165) is 11.8 Å². The van der Waals surface area contributed by atoms with Crippen molar-refractivity contribution in [2.45, 2.75) is 45.3 Å². The molecule has 0 radical (unpaired) electrons. The van der Waals surface area contributed by atoms with Crippen molar-refractivity contribution in [3.8, 4) is 0 Å². The van der Waals surface area contributed by atoms with Gasteiger partial charge in [-0.1, -0.05) is 13.8 Å². The molecule has 4 rings (SSSR count). The molecule has 0 amide bonds. The van der Waals surface area contributed by atoms with Crippen LogP contribution in [-0.2, 0) is 9.78 Å². The molecule has 12 heavy (non-hydrogen) atoms. The largest absolute Gasteiger partial charge is 0.230 e. The molecule has 2 heteroatoms. The van der Waals surface area contributed by atoms with Gasteiger partial charge in [-0.3, -0.25) is 0 Å². The third kappa shape index (κ3) is 0.549. The number of hydrogen-bond donors (Lipinski definition) is 0. The van der Waals surface area contributed by atoms with Crippen molar-refractivity contribution in [2.24, 2.45) is 17.3 Å². The van der Waals surface area contributed by atoms with E-state index in [-0.39, 0.29) is 5.60 Å². The molecule has 1 aliphatic heterocycles. The summed E-state index contributed by atoms with van der Waals surface area (Å²) >= 11 is 0. The van der Waals surface area contributed by atoms with Gasteiger partial charge in [-0.2, -0.15) is 0 Å². The summed E-state index contributed by atoms with van der Waals surface area (Å²) < 4.78 is 0. The second-order valence-corrected chi connectivity index (χ2v) is 5.39. The normalized spacial score (nSPS) is 59.8. The van der Waals surface area contributed by atoms with Crippen LogP contribution >= 0.6 is 0 Å². The van der Waals surface area contributed by atoms with E-state index in [1.54, 1.807) is 0 Å². The molecule has 3 saturated carbocycles. The fourth-order valence-corrected chi connectivity index (χ4v) is 3.47. The monoisotopic (exact) mass is 168 g/mol. The minimum atomic E-state index is 0.0538. The molecular formula is C10H16O2. The second kappa shape index (κ2) is 1.73. The van der Waals surface area contributed by atoms with Crippen LogP contribution in [0.25, 0.3) is 0 Å².